The van der Waals surface area contributed by atoms with E-state index in [1.807, 2.05) is 6.07 Å². The van der Waals surface area contributed by atoms with E-state index < -0.39 is 139 Å². The molecule has 6 aromatic rings. The number of benzene rings is 3. The first-order chi connectivity index (χ1) is 50.2. The van der Waals surface area contributed by atoms with Crippen LogP contribution in [0.3, 0.4) is 0 Å². The largest absolute Gasteiger partial charge is 0.481 e. The van der Waals surface area contributed by atoms with E-state index in [2.05, 4.69) is 39.6 Å². The fraction of sp³-hybridized carbons (Fsp3) is 0.422. The maximum atomic E-state index is 12.6. The summed E-state index contributed by atoms with van der Waals surface area (Å²) >= 11 is 4.19. The molecule has 0 aliphatic heterocycles. The van der Waals surface area contributed by atoms with Gasteiger partial charge in [0.05, 0.1) is 72.6 Å². The number of hydrogen-bond donors (Lipinski definition) is 7. The van der Waals surface area contributed by atoms with Gasteiger partial charge in [-0.1, -0.05) is 57.2 Å². The SMILES string of the molecule is CC(=O)O.CC[C@@H](C=O)NS(=O)(=O)c1cccc(CS(=O)(=O)CCCNC(=O)c2ccc(S(C)(=O)=O)s2)c1.CC[C@H](NS(=O)(=O)c1cccc(CS(=O)(=O)CCCNC(=O)c2ccc(S(C)(=O)=O)s2)c1)C(=O)OC.CC[C@H](NS(=O)(=O)c1cccc(CSCCCNC(=O)c2ccc(S(C)(=O)=O)s2)c1)C(=O)OC.O.O. The fourth-order valence-electron chi connectivity index (χ4n) is 8.67. The highest BCUT2D eigenvalue weighted by atomic mass is 32.3. The van der Waals surface area contributed by atoms with Gasteiger partial charge in [-0.25, -0.2) is 72.1 Å². The Balaban J connectivity index is 0.000000797. The van der Waals surface area contributed by atoms with Crippen LogP contribution in [0.1, 0.15) is 112 Å². The first-order valence-corrected chi connectivity index (χ1v) is 49.4. The van der Waals surface area contributed by atoms with Gasteiger partial charge < -0.3 is 46.3 Å². The van der Waals surface area contributed by atoms with Crippen molar-refractivity contribution in [3.8, 4) is 0 Å². The third kappa shape index (κ3) is 35.8. The molecule has 11 N–H and O–H groups in total. The van der Waals surface area contributed by atoms with Gasteiger partial charge in [-0.2, -0.15) is 21.2 Å². The van der Waals surface area contributed by atoms with Crippen LogP contribution in [0.5, 0.6) is 0 Å². The Bertz CT molecular complexity index is 5060. The molecule has 110 heavy (non-hydrogen) atoms. The van der Waals surface area contributed by atoms with Gasteiger partial charge in [0.1, 0.15) is 31.0 Å². The van der Waals surface area contributed by atoms with E-state index in [1.165, 1.54) is 98.1 Å². The molecular formula is C64H90N6O28S12. The monoisotopic (exact) mass is 1770 g/mol. The van der Waals surface area contributed by atoms with Crippen LogP contribution in [-0.2, 0) is 125 Å². The Morgan fingerprint density at radius 1 is 0.464 bits per heavy atom. The van der Waals surface area contributed by atoms with Crippen molar-refractivity contribution < 1.29 is 126 Å². The van der Waals surface area contributed by atoms with Crippen LogP contribution in [0, 0.1) is 0 Å². The highest BCUT2D eigenvalue weighted by Gasteiger charge is 2.28. The summed E-state index contributed by atoms with van der Waals surface area (Å²) in [6.45, 7) is 6.58. The molecule has 3 heterocycles. The van der Waals surface area contributed by atoms with Gasteiger partial charge in [-0.3, -0.25) is 28.8 Å². The number of thiophene rings is 3. The number of carboxylic acids is 1. The van der Waals surface area contributed by atoms with Crippen LogP contribution >= 0.6 is 45.8 Å². The average molecular weight is 1780 g/mol. The Hall–Kier alpha value is -7.00. The molecule has 3 amide bonds. The van der Waals surface area contributed by atoms with E-state index in [-0.39, 0.29) is 122 Å². The lowest BCUT2D eigenvalue weighted by Gasteiger charge is -2.15. The van der Waals surface area contributed by atoms with Gasteiger partial charge in [-0.05, 0) is 134 Å². The van der Waals surface area contributed by atoms with E-state index in [0.717, 1.165) is 78.1 Å². The maximum absolute atomic E-state index is 12.6. The molecule has 34 nitrogen and oxygen atoms in total. The number of ether oxygens (including phenoxy) is 2. The number of rotatable bonds is 39. The maximum Gasteiger partial charge on any atom is 0.323 e. The van der Waals surface area contributed by atoms with E-state index in [4.69, 9.17) is 9.90 Å². The number of hydrogen-bond acceptors (Lipinski definition) is 29. The summed E-state index contributed by atoms with van der Waals surface area (Å²) in [5.41, 5.74) is 1.34. The summed E-state index contributed by atoms with van der Waals surface area (Å²) in [6.07, 6.45) is 5.31. The van der Waals surface area contributed by atoms with Gasteiger partial charge in [-0.15, -0.1) is 34.0 Å². The van der Waals surface area contributed by atoms with Gasteiger partial charge >= 0.3 is 11.9 Å². The van der Waals surface area contributed by atoms with Crippen molar-refractivity contribution >= 4 is 167 Å². The van der Waals surface area contributed by atoms with Crippen molar-refractivity contribution in [2.75, 3.05) is 69.9 Å². The van der Waals surface area contributed by atoms with Crippen molar-refractivity contribution in [1.29, 1.82) is 0 Å². The van der Waals surface area contributed by atoms with E-state index in [9.17, 15) is 96.1 Å². The topological polar surface area (TPSA) is 566 Å². The van der Waals surface area contributed by atoms with Crippen molar-refractivity contribution in [2.45, 2.75) is 129 Å². The minimum Gasteiger partial charge on any atom is -0.481 e. The lowest BCUT2D eigenvalue weighted by molar-refractivity contribution is -0.143. The molecule has 3 aromatic heterocycles. The van der Waals surface area contributed by atoms with Crippen LogP contribution in [-0.4, -0.2) is 213 Å². The molecular weight excluding hydrogens is 1690 g/mol. The number of carboxylic acid groups (broad SMARTS) is 1. The number of sulfone groups is 5. The number of aliphatic carboxylic acids is 1. The molecule has 0 unspecified atom stereocenters. The highest BCUT2D eigenvalue weighted by molar-refractivity contribution is 7.98. The lowest BCUT2D eigenvalue weighted by Crippen LogP contribution is -2.40. The zero-order valence-corrected chi connectivity index (χ0v) is 70.7. The van der Waals surface area contributed by atoms with E-state index >= 15 is 0 Å². The molecule has 3 atom stereocenters. The van der Waals surface area contributed by atoms with Crippen LogP contribution in [0.15, 0.2) is 137 Å². The Kier molecular flexibility index (Phi) is 42.5. The number of nitrogens with one attached hydrogen (secondary N) is 6. The first-order valence-electron chi connectivity index (χ1n) is 32.0. The molecule has 0 spiro atoms. The second kappa shape index (κ2) is 46.2. The van der Waals surface area contributed by atoms with Gasteiger partial charge in [0, 0.05) is 51.1 Å². The second-order valence-electron chi connectivity index (χ2n) is 23.2. The van der Waals surface area contributed by atoms with Crippen LogP contribution in [0.25, 0.3) is 0 Å². The fourth-order valence-corrected chi connectivity index (χ4v) is 21.9. The lowest BCUT2D eigenvalue weighted by atomic mass is 10.2. The predicted molar refractivity (Wildman–Crippen MR) is 417 cm³/mol. The molecule has 0 aliphatic carbocycles. The number of esters is 2. The minimum atomic E-state index is -4.10. The highest BCUT2D eigenvalue weighted by Crippen LogP contribution is 2.25. The number of carbonyl (C=O) groups excluding carboxylic acids is 6. The number of aldehydes is 1. The van der Waals surface area contributed by atoms with Crippen LogP contribution in [0.2, 0.25) is 0 Å². The summed E-state index contributed by atoms with van der Waals surface area (Å²) < 4.78 is 211. The first kappa shape index (κ1) is 101. The standard InChI is InChI=1S/C21H28N2O9S4.C21H28N2O7S4.C20H26N2O8S4.C2H4O2.2H2O/c1-4-17(21(25)32-2)23-36(30,31)16-8-5-7-15(13-16)14-35(28,29)12-6-11-22-20(24)18-9-10-19(33-18)34(3,26)27;1-4-17(21(25)30-2)23-34(28,29)16-8-5-7-15(13-16)14-31-12-6-11-22-20(24)18-9-10-19(32-18)33(3,26)27;1-3-16(13-23)22-34(29,30)17-7-4-6-15(12-17)14-33(27,28)11-5-10-21-20(24)18-8-9-19(31-18)32(2,25)26;1-2(3)4;;/h5,7-10,13,17,23H,4,6,11-12,14H2,1-3H3,(H,22,24);5,7-10,13,17,23H,4,6,11-12,14H2,1-3H3,(H,22,24);4,6-9,12-13,16,22H,3,5,10-11,14H2,1-2H3,(H,21,24);1H3,(H,3,4);2*1H2/t2*17-;16-;;;/m000.../s1. The quantitative estimate of drug-likeness (QED) is 0.0165. The molecule has 0 aliphatic rings. The van der Waals surface area contributed by atoms with Crippen molar-refractivity contribution in [3.63, 3.8) is 0 Å². The van der Waals surface area contributed by atoms with Crippen molar-refractivity contribution in [2.24, 2.45) is 0 Å². The molecule has 0 bridgehead atoms. The van der Waals surface area contributed by atoms with E-state index in [1.54, 1.807) is 44.7 Å². The van der Waals surface area contributed by atoms with Crippen LogP contribution < -0.4 is 30.1 Å². The number of carbonyl (C=O) groups is 7. The number of methoxy groups -OCH3 is 2. The Morgan fingerprint density at radius 3 is 1.06 bits per heavy atom. The summed E-state index contributed by atoms with van der Waals surface area (Å²) in [4.78, 5) is 80.3. The van der Waals surface area contributed by atoms with E-state index in [0.29, 0.717) is 29.9 Å². The molecule has 46 heteroatoms. The average Bonchev–Trinajstić information content (AvgIpc) is 1.43. The van der Waals surface area contributed by atoms with Gasteiger partial charge in [0.25, 0.3) is 23.7 Å². The Morgan fingerprint density at radius 2 is 0.773 bits per heavy atom. The number of thioether (sulfide) groups is 1. The predicted octanol–water partition coefficient (Wildman–Crippen LogP) is 3.14. The normalized spacial score (nSPS) is 12.6. The second-order valence-corrected chi connectivity index (χ2v) is 43.8. The molecule has 0 saturated carbocycles. The summed E-state index contributed by atoms with van der Waals surface area (Å²) in [5.74, 6) is -3.53. The molecule has 616 valence electrons. The molecule has 3 aromatic carbocycles. The molecule has 0 fully saturated rings. The smallest absolute Gasteiger partial charge is 0.323 e. The minimum absolute atomic E-state index is 0. The van der Waals surface area contributed by atoms with Crippen molar-refractivity contribution in [1.82, 2.24) is 30.1 Å². The summed E-state index contributed by atoms with van der Waals surface area (Å²) in [7, 11) is -27.0. The third-order valence-electron chi connectivity index (χ3n) is 14.1. The van der Waals surface area contributed by atoms with Gasteiger partial charge in [0.2, 0.25) is 30.1 Å². The Labute approximate surface area is 657 Å². The number of amides is 3. The van der Waals surface area contributed by atoms with Gasteiger partial charge in [0.15, 0.2) is 49.2 Å². The van der Waals surface area contributed by atoms with Crippen molar-refractivity contribution in [3.05, 3.63) is 141 Å². The number of sulfonamides is 3. The zero-order valence-electron chi connectivity index (χ0n) is 60.9. The molecule has 0 radical (unpaired) electrons. The third-order valence-corrected chi connectivity index (χ3v) is 31.7. The summed E-state index contributed by atoms with van der Waals surface area (Å²) in [6, 6.07) is 22.8. The molecule has 0 saturated heterocycles. The summed E-state index contributed by atoms with van der Waals surface area (Å²) in [5, 5.41) is 15.3. The van der Waals surface area contributed by atoms with Crippen LogP contribution in [0.4, 0.5) is 0 Å². The molecule has 6 rings (SSSR count). The zero-order chi connectivity index (χ0) is 81.7.